The standard InChI is InChI=1S/C14H19NO4/c1-4-13(16)15(9-10(2)14(17)18)11-6-5-7-12(8-11)19-3/h5-8,10H,4,9H2,1-3H3,(H,17,18). The number of amides is 1. The van der Waals surface area contributed by atoms with Gasteiger partial charge in [0.05, 0.1) is 13.0 Å². The molecule has 0 heterocycles. The SMILES string of the molecule is CCC(=O)N(CC(C)C(=O)O)c1cccc(OC)c1. The number of hydrogen-bond donors (Lipinski definition) is 1. The van der Waals surface area contributed by atoms with Crippen LogP contribution in [0.4, 0.5) is 5.69 Å². The number of carboxylic acid groups (broad SMARTS) is 1. The number of carbonyl (C=O) groups is 2. The summed E-state index contributed by atoms with van der Waals surface area (Å²) < 4.78 is 5.12. The summed E-state index contributed by atoms with van der Waals surface area (Å²) in [5.41, 5.74) is 0.652. The predicted octanol–water partition coefficient (Wildman–Crippen LogP) is 2.16. The highest BCUT2D eigenvalue weighted by Crippen LogP contribution is 2.22. The number of anilines is 1. The molecule has 19 heavy (non-hydrogen) atoms. The van der Waals surface area contributed by atoms with Gasteiger partial charge in [0.1, 0.15) is 5.75 Å². The highest BCUT2D eigenvalue weighted by atomic mass is 16.5. The van der Waals surface area contributed by atoms with Crippen molar-refractivity contribution >= 4 is 17.6 Å². The summed E-state index contributed by atoms with van der Waals surface area (Å²) in [6.07, 6.45) is 0.323. The Bertz CT molecular complexity index is 459. The minimum Gasteiger partial charge on any atom is -0.497 e. The minimum atomic E-state index is -0.920. The molecule has 1 atom stereocenters. The molecular formula is C14H19NO4. The van der Waals surface area contributed by atoms with Crippen LogP contribution in [-0.4, -0.2) is 30.6 Å². The lowest BCUT2D eigenvalue weighted by Gasteiger charge is -2.24. The summed E-state index contributed by atoms with van der Waals surface area (Å²) in [5, 5.41) is 8.97. The van der Waals surface area contributed by atoms with Crippen molar-refractivity contribution in [1.82, 2.24) is 0 Å². The maximum absolute atomic E-state index is 12.0. The third-order valence-corrected chi connectivity index (χ3v) is 2.85. The average molecular weight is 265 g/mol. The van der Waals surface area contributed by atoms with E-state index in [-0.39, 0.29) is 12.5 Å². The van der Waals surface area contributed by atoms with E-state index in [0.717, 1.165) is 0 Å². The van der Waals surface area contributed by atoms with E-state index in [1.54, 1.807) is 45.2 Å². The number of rotatable bonds is 6. The average Bonchev–Trinajstić information content (AvgIpc) is 2.43. The number of benzene rings is 1. The first-order chi connectivity index (χ1) is 8.99. The van der Waals surface area contributed by atoms with Crippen molar-refractivity contribution in [2.75, 3.05) is 18.6 Å². The molecule has 1 aromatic rings. The van der Waals surface area contributed by atoms with Crippen molar-refractivity contribution in [3.8, 4) is 5.75 Å². The molecule has 0 fully saturated rings. The van der Waals surface area contributed by atoms with Gasteiger partial charge in [-0.1, -0.05) is 19.9 Å². The Morgan fingerprint density at radius 3 is 2.63 bits per heavy atom. The van der Waals surface area contributed by atoms with Gasteiger partial charge in [-0.25, -0.2) is 0 Å². The Morgan fingerprint density at radius 1 is 1.42 bits per heavy atom. The van der Waals surface area contributed by atoms with E-state index in [1.165, 1.54) is 4.90 Å². The molecule has 0 aliphatic carbocycles. The van der Waals surface area contributed by atoms with E-state index < -0.39 is 11.9 Å². The summed E-state index contributed by atoms with van der Waals surface area (Å²) in [7, 11) is 1.55. The maximum atomic E-state index is 12.0. The second-order valence-corrected chi connectivity index (χ2v) is 4.30. The fourth-order valence-corrected chi connectivity index (χ4v) is 1.67. The van der Waals surface area contributed by atoms with Gasteiger partial charge in [0.2, 0.25) is 5.91 Å². The molecule has 104 valence electrons. The Morgan fingerprint density at radius 2 is 2.11 bits per heavy atom. The smallest absolute Gasteiger partial charge is 0.308 e. The molecule has 0 bridgehead atoms. The van der Waals surface area contributed by atoms with Gasteiger partial charge < -0.3 is 14.7 Å². The van der Waals surface area contributed by atoms with Gasteiger partial charge in [-0.05, 0) is 12.1 Å². The molecule has 1 N–H and O–H groups in total. The van der Waals surface area contributed by atoms with Crippen molar-refractivity contribution in [2.24, 2.45) is 5.92 Å². The Hall–Kier alpha value is -2.04. The third kappa shape index (κ3) is 3.98. The molecule has 1 unspecified atom stereocenters. The fraction of sp³-hybridized carbons (Fsp3) is 0.429. The van der Waals surface area contributed by atoms with E-state index in [0.29, 0.717) is 17.9 Å². The number of ether oxygens (including phenoxy) is 1. The zero-order chi connectivity index (χ0) is 14.4. The van der Waals surface area contributed by atoms with Crippen LogP contribution in [-0.2, 0) is 9.59 Å². The Kier molecular flexibility index (Phi) is 5.36. The summed E-state index contributed by atoms with van der Waals surface area (Å²) in [4.78, 5) is 24.4. The zero-order valence-electron chi connectivity index (χ0n) is 11.4. The van der Waals surface area contributed by atoms with Crippen LogP contribution < -0.4 is 9.64 Å². The topological polar surface area (TPSA) is 66.8 Å². The van der Waals surface area contributed by atoms with E-state index in [9.17, 15) is 9.59 Å². The van der Waals surface area contributed by atoms with Gasteiger partial charge in [0.15, 0.2) is 0 Å². The van der Waals surface area contributed by atoms with Gasteiger partial charge >= 0.3 is 5.97 Å². The second-order valence-electron chi connectivity index (χ2n) is 4.30. The molecule has 0 spiro atoms. The molecular weight excluding hydrogens is 246 g/mol. The number of nitrogens with zero attached hydrogens (tertiary/aromatic N) is 1. The highest BCUT2D eigenvalue weighted by molar-refractivity contribution is 5.94. The van der Waals surface area contributed by atoms with Crippen LogP contribution >= 0.6 is 0 Å². The van der Waals surface area contributed by atoms with Gasteiger partial charge in [-0.2, -0.15) is 0 Å². The Labute approximate surface area is 112 Å². The lowest BCUT2D eigenvalue weighted by atomic mass is 10.1. The monoisotopic (exact) mass is 265 g/mol. The minimum absolute atomic E-state index is 0.110. The van der Waals surface area contributed by atoms with Crippen molar-refractivity contribution in [1.29, 1.82) is 0 Å². The molecule has 1 amide bonds. The van der Waals surface area contributed by atoms with E-state index in [4.69, 9.17) is 9.84 Å². The van der Waals surface area contributed by atoms with Crippen LogP contribution in [0.1, 0.15) is 20.3 Å². The fourth-order valence-electron chi connectivity index (χ4n) is 1.67. The first-order valence-corrected chi connectivity index (χ1v) is 6.16. The number of hydrogen-bond acceptors (Lipinski definition) is 3. The molecule has 0 aliphatic rings. The number of carboxylic acids is 1. The third-order valence-electron chi connectivity index (χ3n) is 2.85. The molecule has 0 aliphatic heterocycles. The molecule has 0 saturated heterocycles. The number of methoxy groups -OCH3 is 1. The van der Waals surface area contributed by atoms with Crippen molar-refractivity contribution in [3.63, 3.8) is 0 Å². The largest absolute Gasteiger partial charge is 0.497 e. The summed E-state index contributed by atoms with van der Waals surface area (Å²) >= 11 is 0. The van der Waals surface area contributed by atoms with Gasteiger partial charge in [0.25, 0.3) is 0 Å². The molecule has 1 rings (SSSR count). The van der Waals surface area contributed by atoms with E-state index in [2.05, 4.69) is 0 Å². The maximum Gasteiger partial charge on any atom is 0.308 e. The normalized spacial score (nSPS) is 11.7. The first kappa shape index (κ1) is 15.0. The quantitative estimate of drug-likeness (QED) is 0.856. The van der Waals surface area contributed by atoms with Gasteiger partial charge in [-0.3, -0.25) is 9.59 Å². The highest BCUT2D eigenvalue weighted by Gasteiger charge is 2.21. The van der Waals surface area contributed by atoms with Crippen molar-refractivity contribution < 1.29 is 19.4 Å². The predicted molar refractivity (Wildman–Crippen MR) is 72.4 cm³/mol. The summed E-state index contributed by atoms with van der Waals surface area (Å²) in [6, 6.07) is 7.04. The number of carbonyl (C=O) groups excluding carboxylic acids is 1. The van der Waals surface area contributed by atoms with Gasteiger partial charge in [-0.15, -0.1) is 0 Å². The molecule has 0 aromatic heterocycles. The lowest BCUT2D eigenvalue weighted by molar-refractivity contribution is -0.140. The first-order valence-electron chi connectivity index (χ1n) is 6.16. The van der Waals surface area contributed by atoms with E-state index >= 15 is 0 Å². The van der Waals surface area contributed by atoms with Crippen LogP contribution in [0.3, 0.4) is 0 Å². The Balaban J connectivity index is 3.02. The number of aliphatic carboxylic acids is 1. The lowest BCUT2D eigenvalue weighted by Crippen LogP contribution is -2.36. The molecule has 5 nitrogen and oxygen atoms in total. The second kappa shape index (κ2) is 6.78. The van der Waals surface area contributed by atoms with Gasteiger partial charge in [0, 0.05) is 24.7 Å². The molecule has 0 saturated carbocycles. The van der Waals surface area contributed by atoms with Crippen molar-refractivity contribution in [3.05, 3.63) is 24.3 Å². The van der Waals surface area contributed by atoms with Crippen LogP contribution in [0.15, 0.2) is 24.3 Å². The van der Waals surface area contributed by atoms with Crippen LogP contribution in [0.5, 0.6) is 5.75 Å². The van der Waals surface area contributed by atoms with Crippen LogP contribution in [0.25, 0.3) is 0 Å². The molecule has 0 radical (unpaired) electrons. The zero-order valence-corrected chi connectivity index (χ0v) is 11.4. The van der Waals surface area contributed by atoms with Crippen LogP contribution in [0.2, 0.25) is 0 Å². The molecule has 1 aromatic carbocycles. The molecule has 5 heteroatoms. The van der Waals surface area contributed by atoms with E-state index in [1.807, 2.05) is 0 Å². The van der Waals surface area contributed by atoms with Crippen molar-refractivity contribution in [2.45, 2.75) is 20.3 Å². The summed E-state index contributed by atoms with van der Waals surface area (Å²) in [6.45, 7) is 3.48. The summed E-state index contributed by atoms with van der Waals surface area (Å²) in [5.74, 6) is -1.02. The van der Waals surface area contributed by atoms with Crippen LogP contribution in [0, 0.1) is 5.92 Å².